The summed E-state index contributed by atoms with van der Waals surface area (Å²) in [5, 5.41) is 7.58. The van der Waals surface area contributed by atoms with Crippen molar-refractivity contribution < 1.29 is 0 Å². The highest BCUT2D eigenvalue weighted by atomic mass is 32.1. The van der Waals surface area contributed by atoms with Crippen LogP contribution in [0, 0.1) is 0 Å². The summed E-state index contributed by atoms with van der Waals surface area (Å²) in [7, 11) is 0. The minimum atomic E-state index is 0.913. The standard InChI is InChI=1S/C14H20N4S2/c1-2-15-14-17-11(10-19-14)12-9-16-13(20-12)5-8-18-6-3-4-7-18/h9-10H,2-8H2,1H3,(H,15,17). The lowest BCUT2D eigenvalue weighted by Gasteiger charge is -2.12. The molecule has 0 amide bonds. The molecule has 3 rings (SSSR count). The third kappa shape index (κ3) is 3.37. The van der Waals surface area contributed by atoms with Crippen molar-refractivity contribution >= 4 is 27.8 Å². The first kappa shape index (κ1) is 14.0. The van der Waals surface area contributed by atoms with Crippen molar-refractivity contribution in [1.29, 1.82) is 0 Å². The summed E-state index contributed by atoms with van der Waals surface area (Å²) in [6, 6.07) is 0. The van der Waals surface area contributed by atoms with E-state index in [4.69, 9.17) is 0 Å². The fraction of sp³-hybridized carbons (Fsp3) is 0.571. The molecule has 20 heavy (non-hydrogen) atoms. The Hall–Kier alpha value is -0.980. The molecule has 2 aromatic rings. The Morgan fingerprint density at radius 3 is 3.00 bits per heavy atom. The van der Waals surface area contributed by atoms with Gasteiger partial charge in [0, 0.05) is 31.1 Å². The predicted molar refractivity (Wildman–Crippen MR) is 86.8 cm³/mol. The fourth-order valence-corrected chi connectivity index (χ4v) is 4.15. The van der Waals surface area contributed by atoms with Gasteiger partial charge in [0.1, 0.15) is 0 Å². The molecule has 0 radical (unpaired) electrons. The number of likely N-dealkylation sites (tertiary alicyclic amines) is 1. The van der Waals surface area contributed by atoms with Crippen LogP contribution in [0.4, 0.5) is 5.13 Å². The van der Waals surface area contributed by atoms with Crippen molar-refractivity contribution in [3.8, 4) is 10.6 Å². The first-order chi connectivity index (χ1) is 9.85. The van der Waals surface area contributed by atoms with E-state index < -0.39 is 0 Å². The number of aromatic nitrogens is 2. The van der Waals surface area contributed by atoms with Crippen LogP contribution >= 0.6 is 22.7 Å². The van der Waals surface area contributed by atoms with Crippen LogP contribution < -0.4 is 5.32 Å². The molecule has 4 nitrogen and oxygen atoms in total. The highest BCUT2D eigenvalue weighted by molar-refractivity contribution is 7.16. The van der Waals surface area contributed by atoms with Crippen molar-refractivity contribution in [3.63, 3.8) is 0 Å². The Morgan fingerprint density at radius 2 is 2.20 bits per heavy atom. The maximum absolute atomic E-state index is 4.59. The number of hydrogen-bond acceptors (Lipinski definition) is 6. The summed E-state index contributed by atoms with van der Waals surface area (Å²) in [4.78, 5) is 12.9. The highest BCUT2D eigenvalue weighted by Gasteiger charge is 2.13. The van der Waals surface area contributed by atoms with E-state index in [-0.39, 0.29) is 0 Å². The lowest BCUT2D eigenvalue weighted by atomic mass is 10.4. The van der Waals surface area contributed by atoms with Gasteiger partial charge in [-0.1, -0.05) is 0 Å². The smallest absolute Gasteiger partial charge is 0.183 e. The number of anilines is 1. The van der Waals surface area contributed by atoms with E-state index in [1.54, 1.807) is 22.7 Å². The molecule has 6 heteroatoms. The van der Waals surface area contributed by atoms with Gasteiger partial charge in [0.15, 0.2) is 5.13 Å². The SMILES string of the molecule is CCNc1nc(-c2cnc(CCN3CCCC3)s2)cs1. The van der Waals surface area contributed by atoms with Gasteiger partial charge in [0.05, 0.1) is 15.6 Å². The molecular formula is C14H20N4S2. The van der Waals surface area contributed by atoms with Crippen LogP contribution in [0.5, 0.6) is 0 Å². The molecule has 2 aromatic heterocycles. The molecule has 0 spiro atoms. The summed E-state index contributed by atoms with van der Waals surface area (Å²) >= 11 is 3.44. The second-order valence-corrected chi connectivity index (χ2v) is 6.96. The van der Waals surface area contributed by atoms with E-state index in [2.05, 4.69) is 32.5 Å². The van der Waals surface area contributed by atoms with E-state index in [1.807, 2.05) is 6.20 Å². The third-order valence-corrected chi connectivity index (χ3v) is 5.36. The molecule has 1 aliphatic rings. The van der Waals surface area contributed by atoms with E-state index in [9.17, 15) is 0 Å². The Balaban J connectivity index is 1.60. The van der Waals surface area contributed by atoms with Crippen LogP contribution in [0.15, 0.2) is 11.6 Å². The fourth-order valence-electron chi connectivity index (χ4n) is 2.42. The molecule has 0 aromatic carbocycles. The van der Waals surface area contributed by atoms with E-state index in [0.717, 1.165) is 30.3 Å². The van der Waals surface area contributed by atoms with Gasteiger partial charge < -0.3 is 10.2 Å². The average Bonchev–Trinajstić information content (AvgIpc) is 3.18. The lowest BCUT2D eigenvalue weighted by molar-refractivity contribution is 0.343. The van der Waals surface area contributed by atoms with Crippen molar-refractivity contribution in [2.24, 2.45) is 0 Å². The maximum atomic E-state index is 4.59. The Morgan fingerprint density at radius 1 is 1.35 bits per heavy atom. The normalized spacial score (nSPS) is 15.8. The summed E-state index contributed by atoms with van der Waals surface area (Å²) < 4.78 is 0. The van der Waals surface area contributed by atoms with Crippen LogP contribution in [0.3, 0.4) is 0 Å². The van der Waals surface area contributed by atoms with Crippen LogP contribution in [0.1, 0.15) is 24.8 Å². The second-order valence-electron chi connectivity index (χ2n) is 4.99. The molecule has 0 aliphatic carbocycles. The summed E-state index contributed by atoms with van der Waals surface area (Å²) in [6.45, 7) is 6.67. The molecular weight excluding hydrogens is 288 g/mol. The van der Waals surface area contributed by atoms with Gasteiger partial charge in [-0.25, -0.2) is 9.97 Å². The molecule has 108 valence electrons. The molecule has 3 heterocycles. The Bertz CT molecular complexity index is 543. The number of thiazole rings is 2. The van der Waals surface area contributed by atoms with Gasteiger partial charge in [-0.3, -0.25) is 0 Å². The number of rotatable bonds is 6. The molecule has 1 aliphatic heterocycles. The van der Waals surface area contributed by atoms with Crippen molar-refractivity contribution in [1.82, 2.24) is 14.9 Å². The number of hydrogen-bond donors (Lipinski definition) is 1. The molecule has 1 N–H and O–H groups in total. The van der Waals surface area contributed by atoms with Crippen molar-refractivity contribution in [2.45, 2.75) is 26.2 Å². The van der Waals surface area contributed by atoms with Gasteiger partial charge in [-0.05, 0) is 32.9 Å². The van der Waals surface area contributed by atoms with Crippen molar-refractivity contribution in [2.75, 3.05) is 31.5 Å². The molecule has 0 saturated carbocycles. The molecule has 0 atom stereocenters. The monoisotopic (exact) mass is 308 g/mol. The summed E-state index contributed by atoms with van der Waals surface area (Å²) in [5.74, 6) is 0. The quantitative estimate of drug-likeness (QED) is 0.888. The Kier molecular flexibility index (Phi) is 4.65. The van der Waals surface area contributed by atoms with Gasteiger partial charge in [0.2, 0.25) is 0 Å². The number of nitrogens with one attached hydrogen (secondary N) is 1. The second kappa shape index (κ2) is 6.65. The van der Waals surface area contributed by atoms with Gasteiger partial charge in [0.25, 0.3) is 0 Å². The largest absolute Gasteiger partial charge is 0.362 e. The number of nitrogens with zero attached hydrogens (tertiary/aromatic N) is 3. The predicted octanol–water partition coefficient (Wildman–Crippen LogP) is 3.34. The highest BCUT2D eigenvalue weighted by Crippen LogP contribution is 2.29. The topological polar surface area (TPSA) is 41.1 Å². The summed E-state index contributed by atoms with van der Waals surface area (Å²) in [6.07, 6.45) is 5.74. The van der Waals surface area contributed by atoms with Crippen molar-refractivity contribution in [3.05, 3.63) is 16.6 Å². The van der Waals surface area contributed by atoms with Gasteiger partial charge in [-0.15, -0.1) is 22.7 Å². The minimum absolute atomic E-state index is 0.913. The summed E-state index contributed by atoms with van der Waals surface area (Å²) in [5.41, 5.74) is 1.05. The van der Waals surface area contributed by atoms with E-state index >= 15 is 0 Å². The van der Waals surface area contributed by atoms with Crippen LogP contribution in [-0.4, -0.2) is 41.0 Å². The third-order valence-electron chi connectivity index (χ3n) is 3.48. The molecule has 0 unspecified atom stereocenters. The first-order valence-corrected chi connectivity index (χ1v) is 8.91. The minimum Gasteiger partial charge on any atom is -0.362 e. The molecule has 1 fully saturated rings. The maximum Gasteiger partial charge on any atom is 0.183 e. The van der Waals surface area contributed by atoms with Crippen LogP contribution in [-0.2, 0) is 6.42 Å². The molecule has 0 bridgehead atoms. The first-order valence-electron chi connectivity index (χ1n) is 7.22. The van der Waals surface area contributed by atoms with Crippen LogP contribution in [0.25, 0.3) is 10.6 Å². The zero-order chi connectivity index (χ0) is 13.8. The zero-order valence-corrected chi connectivity index (χ0v) is 13.4. The van der Waals surface area contributed by atoms with Gasteiger partial charge in [-0.2, -0.15) is 0 Å². The van der Waals surface area contributed by atoms with E-state index in [0.29, 0.717) is 0 Å². The zero-order valence-electron chi connectivity index (χ0n) is 11.8. The average molecular weight is 308 g/mol. The molecule has 1 saturated heterocycles. The van der Waals surface area contributed by atoms with Gasteiger partial charge >= 0.3 is 0 Å². The van der Waals surface area contributed by atoms with Crippen LogP contribution in [0.2, 0.25) is 0 Å². The lowest BCUT2D eigenvalue weighted by Crippen LogP contribution is -2.21. The van der Waals surface area contributed by atoms with E-state index in [1.165, 1.54) is 35.8 Å². The Labute approximate surface area is 127 Å².